The van der Waals surface area contributed by atoms with E-state index in [1.54, 1.807) is 16.8 Å². The molecule has 146 valence electrons. The fourth-order valence-corrected chi connectivity index (χ4v) is 3.45. The summed E-state index contributed by atoms with van der Waals surface area (Å²) in [6.07, 6.45) is 1.72. The minimum atomic E-state index is -0.587. The first-order valence-corrected chi connectivity index (χ1v) is 9.20. The second-order valence-electron chi connectivity index (χ2n) is 7.09. The van der Waals surface area contributed by atoms with Crippen LogP contribution in [-0.4, -0.2) is 51.2 Å². The predicted octanol–water partition coefficient (Wildman–Crippen LogP) is 1.93. The molecule has 1 amide bonds. The Bertz CT molecular complexity index is 1050. The zero-order chi connectivity index (χ0) is 19.8. The van der Waals surface area contributed by atoms with Crippen LogP contribution in [0.5, 0.6) is 0 Å². The summed E-state index contributed by atoms with van der Waals surface area (Å²) in [6.45, 7) is 8.19. The molecule has 2 aromatic heterocycles. The minimum Gasteiger partial charge on any atom is -0.369 e. The molecule has 0 saturated carbocycles. The van der Waals surface area contributed by atoms with Crippen LogP contribution < -0.4 is 15.5 Å². The number of carbonyl (C=O) groups excluding carboxylic acids is 1. The van der Waals surface area contributed by atoms with Crippen LogP contribution in [0.4, 0.5) is 16.0 Å². The number of nitrogens with one attached hydrogen (secondary N) is 2. The van der Waals surface area contributed by atoms with Gasteiger partial charge >= 0.3 is 0 Å². The van der Waals surface area contributed by atoms with Crippen molar-refractivity contribution in [2.75, 3.05) is 29.9 Å². The quantitative estimate of drug-likeness (QED) is 0.719. The highest BCUT2D eigenvalue weighted by Gasteiger charge is 2.20. The highest BCUT2D eigenvalue weighted by molar-refractivity contribution is 6.03. The maximum absolute atomic E-state index is 14.6. The third-order valence-electron chi connectivity index (χ3n) is 4.76. The van der Waals surface area contributed by atoms with Crippen molar-refractivity contribution in [2.45, 2.75) is 26.8 Å². The summed E-state index contributed by atoms with van der Waals surface area (Å²) in [6, 6.07) is 5.01. The molecule has 1 unspecified atom stereocenters. The second-order valence-corrected chi connectivity index (χ2v) is 7.09. The number of carbonyl (C=O) groups is 1. The lowest BCUT2D eigenvalue weighted by Crippen LogP contribution is -2.49. The maximum Gasteiger partial charge on any atom is 0.261 e. The van der Waals surface area contributed by atoms with E-state index in [1.165, 1.54) is 12.1 Å². The maximum atomic E-state index is 14.6. The number of aryl methyl sites for hydroxylation is 2. The minimum absolute atomic E-state index is 0.0446. The smallest absolute Gasteiger partial charge is 0.261 e. The van der Waals surface area contributed by atoms with E-state index < -0.39 is 11.7 Å². The Morgan fingerprint density at radius 2 is 2.14 bits per heavy atom. The molecule has 0 bridgehead atoms. The summed E-state index contributed by atoms with van der Waals surface area (Å²) in [4.78, 5) is 23.2. The number of piperazine rings is 1. The zero-order valence-electron chi connectivity index (χ0n) is 16.0. The average Bonchev–Trinajstić information content (AvgIpc) is 3.04. The Labute approximate surface area is 161 Å². The monoisotopic (exact) mass is 383 g/mol. The van der Waals surface area contributed by atoms with E-state index in [1.807, 2.05) is 13.8 Å². The van der Waals surface area contributed by atoms with Crippen LogP contribution in [-0.2, 0) is 0 Å². The van der Waals surface area contributed by atoms with Gasteiger partial charge in [0.25, 0.3) is 5.91 Å². The van der Waals surface area contributed by atoms with Crippen molar-refractivity contribution in [2.24, 2.45) is 0 Å². The molecule has 2 N–H and O–H groups in total. The van der Waals surface area contributed by atoms with Crippen molar-refractivity contribution in [3.63, 3.8) is 0 Å². The molecule has 1 saturated heterocycles. The van der Waals surface area contributed by atoms with Gasteiger partial charge in [-0.05, 0) is 39.0 Å². The molecule has 4 rings (SSSR count). The van der Waals surface area contributed by atoms with E-state index in [0.29, 0.717) is 17.4 Å². The number of fused-ring (bicyclic) bond motifs is 1. The van der Waals surface area contributed by atoms with Crippen LogP contribution in [0, 0.1) is 19.7 Å². The summed E-state index contributed by atoms with van der Waals surface area (Å²) in [5, 5.41) is 10.1. The standard InChI is InChI=1S/C19H22FN7O/c1-11-9-26(7-6-21-11)14-4-5-15(16(20)8-14)18(28)24-19-23-17-13(3)22-12(2)10-27(17)25-19/h4-5,8,10-11,21H,6-7,9H2,1-3H3,(H,24,25,28). The summed E-state index contributed by atoms with van der Waals surface area (Å²) >= 11 is 0. The lowest BCUT2D eigenvalue weighted by Gasteiger charge is -2.33. The number of anilines is 2. The van der Waals surface area contributed by atoms with Crippen molar-refractivity contribution in [3.8, 4) is 0 Å². The van der Waals surface area contributed by atoms with Gasteiger partial charge in [-0.3, -0.25) is 15.1 Å². The lowest BCUT2D eigenvalue weighted by atomic mass is 10.1. The molecule has 1 fully saturated rings. The van der Waals surface area contributed by atoms with Crippen LogP contribution in [0.2, 0.25) is 0 Å². The van der Waals surface area contributed by atoms with Gasteiger partial charge in [-0.1, -0.05) is 0 Å². The Kier molecular flexibility index (Phi) is 4.68. The summed E-state index contributed by atoms with van der Waals surface area (Å²) in [7, 11) is 0. The molecule has 0 radical (unpaired) electrons. The molecule has 1 aliphatic heterocycles. The molecular formula is C19H22FN7O. The second kappa shape index (κ2) is 7.16. The van der Waals surface area contributed by atoms with Crippen molar-refractivity contribution in [1.29, 1.82) is 0 Å². The molecule has 1 aromatic carbocycles. The Balaban J connectivity index is 1.54. The van der Waals surface area contributed by atoms with Gasteiger partial charge in [0.05, 0.1) is 23.1 Å². The molecule has 1 aliphatic rings. The van der Waals surface area contributed by atoms with E-state index in [4.69, 9.17) is 0 Å². The number of hydrogen-bond donors (Lipinski definition) is 2. The van der Waals surface area contributed by atoms with Gasteiger partial charge < -0.3 is 10.2 Å². The number of hydrogen-bond acceptors (Lipinski definition) is 6. The number of rotatable bonds is 3. The Morgan fingerprint density at radius 3 is 2.89 bits per heavy atom. The SMILES string of the molecule is Cc1cn2nc(NC(=O)c3ccc(N4CCNC(C)C4)cc3F)nc2c(C)n1. The molecule has 3 heterocycles. The van der Waals surface area contributed by atoms with Crippen molar-refractivity contribution in [1.82, 2.24) is 24.9 Å². The normalized spacial score (nSPS) is 17.1. The Hall–Kier alpha value is -3.07. The van der Waals surface area contributed by atoms with Gasteiger partial charge in [0.15, 0.2) is 5.65 Å². The van der Waals surface area contributed by atoms with E-state index in [0.717, 1.165) is 31.0 Å². The first-order valence-electron chi connectivity index (χ1n) is 9.20. The van der Waals surface area contributed by atoms with E-state index in [9.17, 15) is 9.18 Å². The number of halogens is 1. The summed E-state index contributed by atoms with van der Waals surface area (Å²) < 4.78 is 16.2. The third-order valence-corrected chi connectivity index (χ3v) is 4.76. The van der Waals surface area contributed by atoms with Gasteiger partial charge in [-0.2, -0.15) is 4.98 Å². The predicted molar refractivity (Wildman–Crippen MR) is 104 cm³/mol. The first kappa shape index (κ1) is 18.3. The van der Waals surface area contributed by atoms with Gasteiger partial charge in [0, 0.05) is 31.4 Å². The number of nitrogens with zero attached hydrogens (tertiary/aromatic N) is 5. The summed E-state index contributed by atoms with van der Waals surface area (Å²) in [5.41, 5.74) is 2.76. The van der Waals surface area contributed by atoms with Crippen LogP contribution in [0.1, 0.15) is 28.7 Å². The van der Waals surface area contributed by atoms with Crippen molar-refractivity contribution >= 4 is 23.2 Å². The first-order chi connectivity index (χ1) is 13.4. The van der Waals surface area contributed by atoms with Crippen LogP contribution in [0.3, 0.4) is 0 Å². The Morgan fingerprint density at radius 1 is 1.32 bits per heavy atom. The molecule has 1 atom stereocenters. The number of benzene rings is 1. The van der Waals surface area contributed by atoms with Crippen molar-refractivity contribution < 1.29 is 9.18 Å². The molecule has 3 aromatic rings. The van der Waals surface area contributed by atoms with Gasteiger partial charge in [-0.15, -0.1) is 5.10 Å². The van der Waals surface area contributed by atoms with Gasteiger partial charge in [0.1, 0.15) is 5.82 Å². The average molecular weight is 383 g/mol. The third kappa shape index (κ3) is 3.53. The van der Waals surface area contributed by atoms with Gasteiger partial charge in [0.2, 0.25) is 5.95 Å². The lowest BCUT2D eigenvalue weighted by molar-refractivity contribution is 0.102. The van der Waals surface area contributed by atoms with Crippen LogP contribution >= 0.6 is 0 Å². The molecule has 9 heteroatoms. The molecule has 28 heavy (non-hydrogen) atoms. The van der Waals surface area contributed by atoms with Crippen LogP contribution in [0.25, 0.3) is 5.65 Å². The fourth-order valence-electron chi connectivity index (χ4n) is 3.45. The molecule has 0 spiro atoms. The fraction of sp³-hybridized carbons (Fsp3) is 0.368. The topological polar surface area (TPSA) is 87.5 Å². The number of amides is 1. The van der Waals surface area contributed by atoms with Crippen LogP contribution in [0.15, 0.2) is 24.4 Å². The largest absolute Gasteiger partial charge is 0.369 e. The van der Waals surface area contributed by atoms with E-state index in [2.05, 4.69) is 37.5 Å². The molecule has 0 aliphatic carbocycles. The summed E-state index contributed by atoms with van der Waals surface area (Å²) in [5.74, 6) is -1.05. The zero-order valence-corrected chi connectivity index (χ0v) is 16.0. The highest BCUT2D eigenvalue weighted by Crippen LogP contribution is 2.21. The highest BCUT2D eigenvalue weighted by atomic mass is 19.1. The van der Waals surface area contributed by atoms with E-state index in [-0.39, 0.29) is 11.5 Å². The number of aromatic nitrogens is 4. The van der Waals surface area contributed by atoms with Crippen molar-refractivity contribution in [3.05, 3.63) is 47.2 Å². The molecular weight excluding hydrogens is 361 g/mol. The molecule has 8 nitrogen and oxygen atoms in total. The van der Waals surface area contributed by atoms with E-state index >= 15 is 0 Å². The van der Waals surface area contributed by atoms with Gasteiger partial charge in [-0.25, -0.2) is 8.91 Å².